The van der Waals surface area contributed by atoms with Crippen LogP contribution in [-0.2, 0) is 13.0 Å². The lowest BCUT2D eigenvalue weighted by Crippen LogP contribution is -2.45. The van der Waals surface area contributed by atoms with Crippen LogP contribution in [0.5, 0.6) is 0 Å². The van der Waals surface area contributed by atoms with Gasteiger partial charge in [0.25, 0.3) is 0 Å². The molecule has 0 atom stereocenters. The van der Waals surface area contributed by atoms with E-state index in [1.807, 2.05) is 25.5 Å². The van der Waals surface area contributed by atoms with Crippen LogP contribution >= 0.6 is 24.0 Å². The summed E-state index contributed by atoms with van der Waals surface area (Å²) in [5.74, 6) is 1.92. The molecular formula is C22H37IN6. The van der Waals surface area contributed by atoms with Crippen LogP contribution in [0.25, 0.3) is 0 Å². The Hall–Kier alpha value is -1.61. The van der Waals surface area contributed by atoms with Crippen LogP contribution in [0.2, 0.25) is 0 Å². The molecule has 0 saturated heterocycles. The van der Waals surface area contributed by atoms with Crippen molar-refractivity contribution in [2.24, 2.45) is 4.99 Å². The summed E-state index contributed by atoms with van der Waals surface area (Å²) < 4.78 is 2.20. The van der Waals surface area contributed by atoms with E-state index in [2.05, 4.69) is 82.0 Å². The van der Waals surface area contributed by atoms with Gasteiger partial charge < -0.3 is 15.2 Å². The Morgan fingerprint density at radius 1 is 1.07 bits per heavy atom. The average Bonchev–Trinajstić information content (AvgIpc) is 3.10. The molecule has 2 aromatic rings. The first kappa shape index (κ1) is 25.4. The van der Waals surface area contributed by atoms with Gasteiger partial charge in [-0.3, -0.25) is 9.89 Å². The highest BCUT2D eigenvalue weighted by Gasteiger charge is 2.12. The van der Waals surface area contributed by atoms with E-state index in [4.69, 9.17) is 0 Å². The molecule has 7 heteroatoms. The molecule has 0 aliphatic carbocycles. The Balaban J connectivity index is 0.00000420. The maximum atomic E-state index is 4.52. The predicted molar refractivity (Wildman–Crippen MR) is 133 cm³/mol. The minimum Gasteiger partial charge on any atom is -0.356 e. The summed E-state index contributed by atoms with van der Waals surface area (Å²) in [5, 5.41) is 6.81. The lowest BCUT2D eigenvalue weighted by Gasteiger charge is -2.30. The van der Waals surface area contributed by atoms with Crippen LogP contribution in [0.1, 0.15) is 39.1 Å². The zero-order valence-electron chi connectivity index (χ0n) is 18.4. The average molecular weight is 512 g/mol. The fourth-order valence-corrected chi connectivity index (χ4v) is 3.42. The number of hydrogen-bond donors (Lipinski definition) is 2. The van der Waals surface area contributed by atoms with Crippen molar-refractivity contribution in [2.45, 2.75) is 52.7 Å². The topological polar surface area (TPSA) is 57.5 Å². The molecule has 0 amide bonds. The van der Waals surface area contributed by atoms with E-state index in [9.17, 15) is 0 Å². The molecule has 0 bridgehead atoms. The SMILES string of the molecule is CN=C(NCCc1nccn1Cc1ccccc1)NCCN(C(C)C)C(C)C.I. The maximum absolute atomic E-state index is 4.52. The first-order chi connectivity index (χ1) is 13.5. The molecule has 0 spiro atoms. The van der Waals surface area contributed by atoms with Gasteiger partial charge in [0.15, 0.2) is 5.96 Å². The minimum atomic E-state index is 0. The number of imidazole rings is 1. The quantitative estimate of drug-likeness (QED) is 0.291. The monoisotopic (exact) mass is 512 g/mol. The van der Waals surface area contributed by atoms with Crippen LogP contribution in [-0.4, -0.2) is 59.2 Å². The number of halogens is 1. The van der Waals surface area contributed by atoms with Gasteiger partial charge in [-0.05, 0) is 33.3 Å². The third-order valence-corrected chi connectivity index (χ3v) is 4.85. The van der Waals surface area contributed by atoms with Crippen molar-refractivity contribution in [1.29, 1.82) is 0 Å². The standard InChI is InChI=1S/C22H36N6.HI/c1-18(2)28(19(3)4)16-14-26-22(23-5)25-12-11-21-24-13-15-27(21)17-20-9-7-6-8-10-20;/h6-10,13,15,18-19H,11-12,14,16-17H2,1-5H3,(H2,23,25,26);1H. The Labute approximate surface area is 193 Å². The molecule has 0 aliphatic heterocycles. The number of aromatic nitrogens is 2. The van der Waals surface area contributed by atoms with Gasteiger partial charge in [-0.2, -0.15) is 0 Å². The fraction of sp³-hybridized carbons (Fsp3) is 0.545. The van der Waals surface area contributed by atoms with Gasteiger partial charge in [0, 0.05) is 64.1 Å². The smallest absolute Gasteiger partial charge is 0.191 e. The molecule has 0 fully saturated rings. The van der Waals surface area contributed by atoms with Gasteiger partial charge in [0.1, 0.15) is 5.82 Å². The Kier molecular flexibility index (Phi) is 11.9. The summed E-state index contributed by atoms with van der Waals surface area (Å²) in [7, 11) is 1.81. The molecule has 0 aliphatic rings. The van der Waals surface area contributed by atoms with Crippen LogP contribution in [0, 0.1) is 0 Å². The second-order valence-electron chi connectivity index (χ2n) is 7.56. The summed E-state index contributed by atoms with van der Waals surface area (Å²) in [5.41, 5.74) is 1.28. The van der Waals surface area contributed by atoms with E-state index in [-0.39, 0.29) is 24.0 Å². The summed E-state index contributed by atoms with van der Waals surface area (Å²) in [6, 6.07) is 11.6. The second-order valence-corrected chi connectivity index (χ2v) is 7.56. The van der Waals surface area contributed by atoms with Crippen molar-refractivity contribution in [2.75, 3.05) is 26.7 Å². The third kappa shape index (κ3) is 8.74. The van der Waals surface area contributed by atoms with Gasteiger partial charge in [0.05, 0.1) is 0 Å². The summed E-state index contributed by atoms with van der Waals surface area (Å²) >= 11 is 0. The van der Waals surface area contributed by atoms with E-state index >= 15 is 0 Å². The summed E-state index contributed by atoms with van der Waals surface area (Å²) in [6.07, 6.45) is 4.77. The first-order valence-electron chi connectivity index (χ1n) is 10.3. The number of rotatable bonds is 10. The molecule has 1 aromatic heterocycles. The van der Waals surface area contributed by atoms with Crippen LogP contribution < -0.4 is 10.6 Å². The highest BCUT2D eigenvalue weighted by atomic mass is 127. The van der Waals surface area contributed by atoms with E-state index in [0.29, 0.717) is 12.1 Å². The van der Waals surface area contributed by atoms with E-state index in [0.717, 1.165) is 44.4 Å². The van der Waals surface area contributed by atoms with Crippen molar-refractivity contribution >= 4 is 29.9 Å². The molecule has 2 rings (SSSR count). The Bertz CT molecular complexity index is 703. The van der Waals surface area contributed by atoms with Crippen molar-refractivity contribution in [3.05, 3.63) is 54.1 Å². The molecule has 162 valence electrons. The number of hydrogen-bond acceptors (Lipinski definition) is 3. The highest BCUT2D eigenvalue weighted by molar-refractivity contribution is 14.0. The summed E-state index contributed by atoms with van der Waals surface area (Å²) in [4.78, 5) is 11.3. The second kappa shape index (κ2) is 13.6. The molecule has 29 heavy (non-hydrogen) atoms. The largest absolute Gasteiger partial charge is 0.356 e. The molecule has 2 N–H and O–H groups in total. The molecule has 1 aromatic carbocycles. The van der Waals surface area contributed by atoms with Crippen LogP contribution in [0.4, 0.5) is 0 Å². The van der Waals surface area contributed by atoms with E-state index < -0.39 is 0 Å². The van der Waals surface area contributed by atoms with Gasteiger partial charge in [-0.15, -0.1) is 24.0 Å². The lowest BCUT2D eigenvalue weighted by molar-refractivity contribution is 0.178. The van der Waals surface area contributed by atoms with Crippen molar-refractivity contribution in [3.63, 3.8) is 0 Å². The fourth-order valence-electron chi connectivity index (χ4n) is 3.42. The first-order valence-corrected chi connectivity index (χ1v) is 10.3. The normalized spacial score (nSPS) is 11.8. The van der Waals surface area contributed by atoms with Gasteiger partial charge >= 0.3 is 0 Å². The number of benzene rings is 1. The highest BCUT2D eigenvalue weighted by Crippen LogP contribution is 2.06. The van der Waals surface area contributed by atoms with E-state index in [1.54, 1.807) is 0 Å². The zero-order chi connectivity index (χ0) is 20.4. The molecule has 6 nitrogen and oxygen atoms in total. The number of aliphatic imine (C=N–C) groups is 1. The van der Waals surface area contributed by atoms with Gasteiger partial charge in [-0.25, -0.2) is 4.98 Å². The lowest BCUT2D eigenvalue weighted by atomic mass is 10.2. The van der Waals surface area contributed by atoms with E-state index in [1.165, 1.54) is 5.56 Å². The predicted octanol–water partition coefficient (Wildman–Crippen LogP) is 3.38. The maximum Gasteiger partial charge on any atom is 0.191 e. The molecule has 0 saturated carbocycles. The van der Waals surface area contributed by atoms with Crippen molar-refractivity contribution in [3.8, 4) is 0 Å². The third-order valence-electron chi connectivity index (χ3n) is 4.85. The minimum absolute atomic E-state index is 0. The van der Waals surface area contributed by atoms with Gasteiger partial charge in [0.2, 0.25) is 0 Å². The Morgan fingerprint density at radius 3 is 2.34 bits per heavy atom. The van der Waals surface area contributed by atoms with Gasteiger partial charge in [-0.1, -0.05) is 30.3 Å². The number of nitrogens with one attached hydrogen (secondary N) is 2. The van der Waals surface area contributed by atoms with Crippen molar-refractivity contribution < 1.29 is 0 Å². The molecular weight excluding hydrogens is 475 g/mol. The molecule has 0 radical (unpaired) electrons. The van der Waals surface area contributed by atoms with Crippen LogP contribution in [0.3, 0.4) is 0 Å². The summed E-state index contributed by atoms with van der Waals surface area (Å²) in [6.45, 7) is 12.5. The zero-order valence-corrected chi connectivity index (χ0v) is 20.8. The molecule has 1 heterocycles. The van der Waals surface area contributed by atoms with Crippen molar-refractivity contribution in [1.82, 2.24) is 25.1 Å². The molecule has 0 unspecified atom stereocenters. The number of guanidine groups is 1. The Morgan fingerprint density at radius 2 is 1.72 bits per heavy atom. The van der Waals surface area contributed by atoms with Crippen LogP contribution in [0.15, 0.2) is 47.7 Å². The number of nitrogens with zero attached hydrogens (tertiary/aromatic N) is 4.